The number of carbonyl (C=O) groups is 2. The zero-order chi connectivity index (χ0) is 18.9. The van der Waals surface area contributed by atoms with Crippen molar-refractivity contribution in [3.8, 4) is 5.88 Å². The second kappa shape index (κ2) is 7.21. The minimum absolute atomic E-state index is 0.000826. The van der Waals surface area contributed by atoms with Crippen LogP contribution in [0.25, 0.3) is 0 Å². The van der Waals surface area contributed by atoms with E-state index in [0.29, 0.717) is 24.4 Å². The van der Waals surface area contributed by atoms with Gasteiger partial charge >= 0.3 is 6.09 Å². The lowest BCUT2D eigenvalue weighted by atomic mass is 9.76. The summed E-state index contributed by atoms with van der Waals surface area (Å²) in [6, 6.07) is 3.41. The van der Waals surface area contributed by atoms with Crippen molar-refractivity contribution >= 4 is 11.9 Å². The third-order valence-corrected chi connectivity index (χ3v) is 5.05. The highest BCUT2D eigenvalue weighted by Gasteiger charge is 2.44. The fourth-order valence-electron chi connectivity index (χ4n) is 3.98. The van der Waals surface area contributed by atoms with E-state index in [0.717, 1.165) is 19.3 Å². The molecule has 7 nitrogen and oxygen atoms in total. The number of nitrogens with zero attached hydrogens (tertiary/aromatic N) is 3. The molecular formula is C19H27N3O4. The van der Waals surface area contributed by atoms with Crippen LogP contribution in [0.4, 0.5) is 4.79 Å². The summed E-state index contributed by atoms with van der Waals surface area (Å²) < 4.78 is 10.6. The topological polar surface area (TPSA) is 81.6 Å². The Kier molecular flexibility index (Phi) is 5.16. The van der Waals surface area contributed by atoms with Gasteiger partial charge in [0.2, 0.25) is 5.88 Å². The molecule has 0 radical (unpaired) electrons. The summed E-state index contributed by atoms with van der Waals surface area (Å²) in [7, 11) is 1.51. The molecule has 0 aromatic carbocycles. The van der Waals surface area contributed by atoms with Gasteiger partial charge in [0.1, 0.15) is 11.3 Å². The predicted molar refractivity (Wildman–Crippen MR) is 95.1 cm³/mol. The van der Waals surface area contributed by atoms with Crippen molar-refractivity contribution in [1.82, 2.24) is 15.1 Å². The van der Waals surface area contributed by atoms with Gasteiger partial charge in [-0.1, -0.05) is 0 Å². The van der Waals surface area contributed by atoms with E-state index in [4.69, 9.17) is 9.47 Å². The monoisotopic (exact) mass is 361 g/mol. The first-order chi connectivity index (χ1) is 12.3. The Labute approximate surface area is 154 Å². The molecular weight excluding hydrogens is 334 g/mol. The van der Waals surface area contributed by atoms with E-state index in [-0.39, 0.29) is 29.9 Å². The summed E-state index contributed by atoms with van der Waals surface area (Å²) >= 11 is 0. The van der Waals surface area contributed by atoms with Crippen molar-refractivity contribution in [2.24, 2.45) is 5.92 Å². The lowest BCUT2D eigenvalue weighted by Crippen LogP contribution is -2.56. The maximum Gasteiger partial charge on any atom is 0.410 e. The zero-order valence-electron chi connectivity index (χ0n) is 15.9. The largest absolute Gasteiger partial charge is 0.480 e. The van der Waals surface area contributed by atoms with Gasteiger partial charge in [0.05, 0.1) is 7.11 Å². The smallest absolute Gasteiger partial charge is 0.410 e. The lowest BCUT2D eigenvalue weighted by molar-refractivity contribution is -0.0261. The quantitative estimate of drug-likeness (QED) is 0.769. The maximum absolute atomic E-state index is 12.9. The van der Waals surface area contributed by atoms with Crippen molar-refractivity contribution in [2.75, 3.05) is 7.11 Å². The molecule has 0 saturated carbocycles. The van der Waals surface area contributed by atoms with Gasteiger partial charge in [-0.2, -0.15) is 0 Å². The molecule has 142 valence electrons. The molecule has 2 saturated heterocycles. The third-order valence-electron chi connectivity index (χ3n) is 5.05. The minimum atomic E-state index is -0.517. The highest BCUT2D eigenvalue weighted by Crippen LogP contribution is 2.39. The summed E-state index contributed by atoms with van der Waals surface area (Å²) in [5, 5.41) is 7.88. The molecule has 0 aliphatic carbocycles. The molecule has 2 atom stereocenters. The fourth-order valence-corrected chi connectivity index (χ4v) is 3.98. The number of fused-ring (bicyclic) bond motifs is 2. The summed E-state index contributed by atoms with van der Waals surface area (Å²) in [5.41, 5.74) is -0.156. The van der Waals surface area contributed by atoms with Crippen LogP contribution in [0.3, 0.4) is 0 Å². The molecule has 26 heavy (non-hydrogen) atoms. The van der Waals surface area contributed by atoms with Crippen LogP contribution in [0.5, 0.6) is 5.88 Å². The molecule has 2 unspecified atom stereocenters. The number of carbonyl (C=O) groups excluding carboxylic acids is 2. The molecule has 2 bridgehead atoms. The Bertz CT molecular complexity index is 654. The van der Waals surface area contributed by atoms with Crippen LogP contribution in [0, 0.1) is 5.92 Å². The summed E-state index contributed by atoms with van der Waals surface area (Å²) in [6.45, 7) is 5.62. The molecule has 3 heterocycles. The van der Waals surface area contributed by atoms with Gasteiger partial charge < -0.3 is 14.4 Å². The summed E-state index contributed by atoms with van der Waals surface area (Å²) in [5.74, 6) is 0.255. The number of rotatable bonds is 3. The van der Waals surface area contributed by atoms with Crippen LogP contribution in [0.1, 0.15) is 63.4 Å². The molecule has 7 heteroatoms. The maximum atomic E-state index is 12.9. The van der Waals surface area contributed by atoms with E-state index in [1.165, 1.54) is 7.11 Å². The molecule has 3 rings (SSSR count). The number of hydrogen-bond acceptors (Lipinski definition) is 6. The van der Waals surface area contributed by atoms with Crippen molar-refractivity contribution < 1.29 is 19.1 Å². The number of Topliss-reactive ketones (excluding diaryl/α,β-unsaturated/α-hetero) is 1. The molecule has 2 aliphatic rings. The molecule has 0 N–H and O–H groups in total. The van der Waals surface area contributed by atoms with Gasteiger partial charge in [0.25, 0.3) is 0 Å². The number of ether oxygens (including phenoxy) is 2. The van der Waals surface area contributed by atoms with Gasteiger partial charge in [0.15, 0.2) is 5.78 Å². The van der Waals surface area contributed by atoms with E-state index in [1.54, 1.807) is 12.1 Å². The number of hydrogen-bond donors (Lipinski definition) is 0. The van der Waals surface area contributed by atoms with Crippen LogP contribution in [0.2, 0.25) is 0 Å². The second-order valence-electron chi connectivity index (χ2n) is 8.12. The Morgan fingerprint density at radius 2 is 1.77 bits per heavy atom. The van der Waals surface area contributed by atoms with Crippen LogP contribution >= 0.6 is 0 Å². The predicted octanol–water partition coefficient (Wildman–Crippen LogP) is 3.24. The van der Waals surface area contributed by atoms with Gasteiger partial charge in [-0.05, 0) is 58.9 Å². The first kappa shape index (κ1) is 18.6. The normalized spacial score (nSPS) is 25.5. The number of methoxy groups -OCH3 is 1. The molecule has 1 amide bonds. The zero-order valence-corrected chi connectivity index (χ0v) is 15.9. The van der Waals surface area contributed by atoms with Crippen molar-refractivity contribution in [3.63, 3.8) is 0 Å². The average molecular weight is 361 g/mol. The number of amides is 1. The van der Waals surface area contributed by atoms with Gasteiger partial charge in [-0.25, -0.2) is 4.79 Å². The Hall–Kier alpha value is -2.18. The summed E-state index contributed by atoms with van der Waals surface area (Å²) in [4.78, 5) is 27.4. The molecule has 2 fully saturated rings. The summed E-state index contributed by atoms with van der Waals surface area (Å²) in [6.07, 6.45) is 3.95. The third kappa shape index (κ3) is 3.97. The van der Waals surface area contributed by atoms with E-state index in [9.17, 15) is 9.59 Å². The van der Waals surface area contributed by atoms with Gasteiger partial charge in [-0.15, -0.1) is 10.2 Å². The first-order valence-corrected chi connectivity index (χ1v) is 9.21. The molecule has 2 aliphatic heterocycles. The van der Waals surface area contributed by atoms with Crippen LogP contribution < -0.4 is 4.74 Å². The second-order valence-corrected chi connectivity index (χ2v) is 8.12. The first-order valence-electron chi connectivity index (χ1n) is 9.21. The van der Waals surface area contributed by atoms with Gasteiger partial charge in [-0.3, -0.25) is 4.79 Å². The van der Waals surface area contributed by atoms with E-state index in [1.807, 2.05) is 25.7 Å². The fraction of sp³-hybridized carbons (Fsp3) is 0.684. The molecule has 0 spiro atoms. The highest BCUT2D eigenvalue weighted by atomic mass is 16.6. The molecule has 1 aromatic heterocycles. The van der Waals surface area contributed by atoms with Crippen molar-refractivity contribution in [1.29, 1.82) is 0 Å². The van der Waals surface area contributed by atoms with Crippen LogP contribution in [-0.4, -0.2) is 51.8 Å². The highest BCUT2D eigenvalue weighted by molar-refractivity contribution is 5.96. The van der Waals surface area contributed by atoms with E-state index >= 15 is 0 Å². The Morgan fingerprint density at radius 3 is 2.27 bits per heavy atom. The molecule has 1 aromatic rings. The minimum Gasteiger partial charge on any atom is -0.480 e. The average Bonchev–Trinajstić information content (AvgIpc) is 2.58. The number of piperidine rings is 2. The Morgan fingerprint density at radius 1 is 1.12 bits per heavy atom. The van der Waals surface area contributed by atoms with Crippen molar-refractivity contribution in [2.45, 2.75) is 70.6 Å². The van der Waals surface area contributed by atoms with Crippen LogP contribution in [-0.2, 0) is 4.74 Å². The lowest BCUT2D eigenvalue weighted by Gasteiger charge is -2.48. The van der Waals surface area contributed by atoms with E-state index in [2.05, 4.69) is 10.2 Å². The standard InChI is InChI=1S/C19H27N3O4/c1-19(2,3)26-18(24)22-13-6-5-7-14(22)11-12(10-13)17(23)15-8-9-16(25-4)21-20-15/h8-9,12-14H,5-7,10-11H2,1-4H3. The number of ketones is 1. The SMILES string of the molecule is COc1ccc(C(=O)C2CC3CCCC(C2)N3C(=O)OC(C)(C)C)nn1. The van der Waals surface area contributed by atoms with Crippen molar-refractivity contribution in [3.05, 3.63) is 17.8 Å². The number of aromatic nitrogens is 2. The van der Waals surface area contributed by atoms with Gasteiger partial charge in [0, 0.05) is 24.1 Å². The van der Waals surface area contributed by atoms with E-state index < -0.39 is 5.60 Å². The van der Waals surface area contributed by atoms with Crippen LogP contribution in [0.15, 0.2) is 12.1 Å². The Balaban J connectivity index is 1.72.